The van der Waals surface area contributed by atoms with Crippen LogP contribution in [-0.4, -0.2) is 57.5 Å². The lowest BCUT2D eigenvalue weighted by Crippen LogP contribution is -2.51. The molecule has 0 saturated carbocycles. The minimum absolute atomic E-state index is 0.0395. The molecule has 1 aliphatic heterocycles. The number of benzene rings is 3. The molecule has 1 N–H and O–H groups in total. The zero-order valence-electron chi connectivity index (χ0n) is 23.4. The molecule has 0 radical (unpaired) electrons. The average molecular weight is 618 g/mol. The van der Waals surface area contributed by atoms with E-state index in [0.29, 0.717) is 29.5 Å². The van der Waals surface area contributed by atoms with Crippen molar-refractivity contribution < 1.29 is 31.9 Å². The van der Waals surface area contributed by atoms with Crippen molar-refractivity contribution in [3.63, 3.8) is 0 Å². The molecule has 42 heavy (non-hydrogen) atoms. The molecule has 12 heteroatoms. The van der Waals surface area contributed by atoms with Crippen LogP contribution in [0.3, 0.4) is 0 Å². The molecule has 1 heterocycles. The zero-order valence-corrected chi connectivity index (χ0v) is 25.0. The van der Waals surface area contributed by atoms with Gasteiger partial charge in [-0.05, 0) is 61.4 Å². The second-order valence-corrected chi connectivity index (χ2v) is 12.0. The van der Waals surface area contributed by atoms with Crippen molar-refractivity contribution in [3.05, 3.63) is 83.1 Å². The van der Waals surface area contributed by atoms with Crippen LogP contribution in [0.5, 0.6) is 11.5 Å². The van der Waals surface area contributed by atoms with E-state index in [1.54, 1.807) is 31.2 Å². The molecular formula is C30H33ClFN3O6S. The molecule has 0 spiro atoms. The van der Waals surface area contributed by atoms with Gasteiger partial charge in [0.25, 0.3) is 10.0 Å². The van der Waals surface area contributed by atoms with Gasteiger partial charge in [-0.15, -0.1) is 0 Å². The lowest BCUT2D eigenvalue weighted by molar-refractivity contribution is -0.139. The summed E-state index contributed by atoms with van der Waals surface area (Å²) >= 11 is 6.38. The number of rotatable bonds is 12. The highest BCUT2D eigenvalue weighted by Crippen LogP contribution is 2.34. The van der Waals surface area contributed by atoms with Crippen LogP contribution >= 0.6 is 11.6 Å². The number of ether oxygens (including phenoxy) is 2. The standard InChI is InChI=1S/C30H33ClFN3O6S/c1-3-4-15-33-30(37)21(2)34(19-22-7-5-6-8-26(22)31)29(36)20-35(24-11-9-23(32)10-12-24)42(38,39)25-13-14-27-28(18-25)41-17-16-40-27/h5-14,18,21H,3-4,15-17,19-20H2,1-2H3,(H,33,37)/t21-/m0/s1. The topological polar surface area (TPSA) is 105 Å². The minimum atomic E-state index is -4.37. The van der Waals surface area contributed by atoms with Crippen LogP contribution in [0.2, 0.25) is 5.02 Å². The molecule has 9 nitrogen and oxygen atoms in total. The highest BCUT2D eigenvalue weighted by Gasteiger charge is 2.33. The monoisotopic (exact) mass is 617 g/mol. The number of carbonyl (C=O) groups excluding carboxylic acids is 2. The van der Waals surface area contributed by atoms with Gasteiger partial charge in [-0.1, -0.05) is 43.1 Å². The Balaban J connectivity index is 1.70. The molecule has 1 atom stereocenters. The summed E-state index contributed by atoms with van der Waals surface area (Å²) in [6.07, 6.45) is 1.64. The van der Waals surface area contributed by atoms with Gasteiger partial charge in [-0.3, -0.25) is 13.9 Å². The zero-order chi connectivity index (χ0) is 30.3. The first-order valence-corrected chi connectivity index (χ1v) is 15.4. The van der Waals surface area contributed by atoms with Gasteiger partial charge in [0, 0.05) is 24.2 Å². The Hall–Kier alpha value is -3.83. The summed E-state index contributed by atoms with van der Waals surface area (Å²) in [7, 11) is -4.37. The first kappa shape index (κ1) is 31.1. The maximum absolute atomic E-state index is 14.0. The van der Waals surface area contributed by atoms with Crippen molar-refractivity contribution in [1.82, 2.24) is 10.2 Å². The van der Waals surface area contributed by atoms with E-state index in [0.717, 1.165) is 29.3 Å². The number of carbonyl (C=O) groups is 2. The highest BCUT2D eigenvalue weighted by molar-refractivity contribution is 7.92. The van der Waals surface area contributed by atoms with E-state index >= 15 is 0 Å². The maximum atomic E-state index is 14.0. The van der Waals surface area contributed by atoms with E-state index in [1.807, 2.05) is 6.92 Å². The van der Waals surface area contributed by atoms with E-state index in [9.17, 15) is 22.4 Å². The van der Waals surface area contributed by atoms with Crippen molar-refractivity contribution in [1.29, 1.82) is 0 Å². The van der Waals surface area contributed by atoms with Gasteiger partial charge in [-0.2, -0.15) is 0 Å². The Morgan fingerprint density at radius 3 is 2.40 bits per heavy atom. The second-order valence-electron chi connectivity index (χ2n) is 9.73. The third-order valence-corrected chi connectivity index (χ3v) is 8.93. The SMILES string of the molecule is CCCCNC(=O)[C@H](C)N(Cc1ccccc1Cl)C(=O)CN(c1ccc(F)cc1)S(=O)(=O)c1ccc2c(c1)OCCO2. The number of anilines is 1. The number of nitrogens with zero attached hydrogens (tertiary/aromatic N) is 2. The van der Waals surface area contributed by atoms with Crippen LogP contribution in [0.1, 0.15) is 32.3 Å². The Bertz CT molecular complexity index is 1520. The van der Waals surface area contributed by atoms with Crippen molar-refractivity contribution in [2.24, 2.45) is 0 Å². The van der Waals surface area contributed by atoms with Gasteiger partial charge in [-0.25, -0.2) is 12.8 Å². The number of sulfonamides is 1. The number of hydrogen-bond acceptors (Lipinski definition) is 6. The normalized spacial score (nSPS) is 13.2. The van der Waals surface area contributed by atoms with Gasteiger partial charge in [0.05, 0.1) is 10.6 Å². The second kappa shape index (κ2) is 13.9. The summed E-state index contributed by atoms with van der Waals surface area (Å²) in [5, 5.41) is 3.23. The first-order chi connectivity index (χ1) is 20.1. The van der Waals surface area contributed by atoms with Gasteiger partial charge < -0.3 is 19.7 Å². The predicted molar refractivity (Wildman–Crippen MR) is 158 cm³/mol. The van der Waals surface area contributed by atoms with Crippen molar-refractivity contribution in [3.8, 4) is 11.5 Å². The quantitative estimate of drug-likeness (QED) is 0.293. The maximum Gasteiger partial charge on any atom is 0.264 e. The number of unbranched alkanes of at least 4 members (excludes halogenated alkanes) is 1. The van der Waals surface area contributed by atoms with Gasteiger partial charge >= 0.3 is 0 Å². The van der Waals surface area contributed by atoms with Gasteiger partial charge in [0.15, 0.2) is 11.5 Å². The minimum Gasteiger partial charge on any atom is -0.486 e. The molecule has 2 amide bonds. The third kappa shape index (κ3) is 7.32. The molecule has 0 unspecified atom stereocenters. The summed E-state index contributed by atoms with van der Waals surface area (Å²) in [5.41, 5.74) is 0.654. The van der Waals surface area contributed by atoms with Crippen molar-refractivity contribution >= 4 is 39.1 Å². The van der Waals surface area contributed by atoms with E-state index in [4.69, 9.17) is 21.1 Å². The summed E-state index contributed by atoms with van der Waals surface area (Å²) in [5.74, 6) is -0.950. The highest BCUT2D eigenvalue weighted by atomic mass is 35.5. The fourth-order valence-corrected chi connectivity index (χ4v) is 6.00. The molecule has 1 aliphatic rings. The molecule has 4 rings (SSSR count). The largest absolute Gasteiger partial charge is 0.486 e. The number of amides is 2. The molecule has 0 aromatic heterocycles. The molecule has 3 aromatic rings. The summed E-state index contributed by atoms with van der Waals surface area (Å²) in [4.78, 5) is 28.2. The first-order valence-electron chi connectivity index (χ1n) is 13.6. The van der Waals surface area contributed by atoms with Crippen LogP contribution in [0.4, 0.5) is 10.1 Å². The smallest absolute Gasteiger partial charge is 0.264 e. The molecule has 3 aromatic carbocycles. The molecule has 224 valence electrons. The van der Waals surface area contributed by atoms with Crippen LogP contribution in [-0.2, 0) is 26.2 Å². The molecule has 0 bridgehead atoms. The fourth-order valence-electron chi connectivity index (χ4n) is 4.38. The fraction of sp³-hybridized carbons (Fsp3) is 0.333. The number of nitrogens with one attached hydrogen (secondary N) is 1. The molecule has 0 aliphatic carbocycles. The van der Waals surface area contributed by atoms with E-state index < -0.39 is 34.3 Å². The number of hydrogen-bond donors (Lipinski definition) is 1. The van der Waals surface area contributed by atoms with Gasteiger partial charge in [0.2, 0.25) is 11.8 Å². The summed E-state index contributed by atoms with van der Waals surface area (Å²) in [6, 6.07) is 14.9. The van der Waals surface area contributed by atoms with Crippen LogP contribution in [0.15, 0.2) is 71.6 Å². The number of halogens is 2. The van der Waals surface area contributed by atoms with Crippen molar-refractivity contribution in [2.75, 3.05) is 30.6 Å². The Kier molecular flexibility index (Phi) is 10.3. The molecular weight excluding hydrogens is 585 g/mol. The number of fused-ring (bicyclic) bond motifs is 1. The molecule has 0 fully saturated rings. The van der Waals surface area contributed by atoms with Crippen molar-refractivity contribution in [2.45, 2.75) is 44.2 Å². The Labute approximate surface area is 250 Å². The third-order valence-electron chi connectivity index (χ3n) is 6.79. The summed E-state index contributed by atoms with van der Waals surface area (Å²) < 4.78 is 53.8. The molecule has 0 saturated heterocycles. The Morgan fingerprint density at radius 1 is 1.02 bits per heavy atom. The van der Waals surface area contributed by atoms with E-state index in [-0.39, 0.29) is 35.4 Å². The van der Waals surface area contributed by atoms with Crippen LogP contribution in [0.25, 0.3) is 0 Å². The van der Waals surface area contributed by atoms with E-state index in [2.05, 4.69) is 5.32 Å². The lowest BCUT2D eigenvalue weighted by atomic mass is 10.1. The summed E-state index contributed by atoms with van der Waals surface area (Å²) in [6.45, 7) is 3.89. The van der Waals surface area contributed by atoms with Gasteiger partial charge in [0.1, 0.15) is 31.6 Å². The van der Waals surface area contributed by atoms with Crippen LogP contribution < -0.4 is 19.1 Å². The average Bonchev–Trinajstić information content (AvgIpc) is 2.99. The predicted octanol–water partition coefficient (Wildman–Crippen LogP) is 4.78. The van der Waals surface area contributed by atoms with Crippen LogP contribution in [0, 0.1) is 5.82 Å². The van der Waals surface area contributed by atoms with E-state index in [1.165, 1.54) is 35.2 Å². The lowest BCUT2D eigenvalue weighted by Gasteiger charge is -2.32. The Morgan fingerprint density at radius 2 is 1.71 bits per heavy atom.